The Hall–Kier alpha value is 0.474. The van der Waals surface area contributed by atoms with E-state index in [1.165, 1.54) is 0 Å². The Morgan fingerprint density at radius 1 is 0.923 bits per heavy atom. The van der Waals surface area contributed by atoms with Crippen LogP contribution in [0, 0.1) is 12.8 Å². The van der Waals surface area contributed by atoms with E-state index < -0.39 is 5.60 Å². The summed E-state index contributed by atoms with van der Waals surface area (Å²) in [6, 6.07) is 0. The average Bonchev–Trinajstić information content (AvgIpc) is 1.90. The first-order valence-corrected chi connectivity index (χ1v) is 4.87. The molecule has 0 spiro atoms. The van der Waals surface area contributed by atoms with Crippen molar-refractivity contribution in [2.24, 2.45) is 0 Å². The van der Waals surface area contributed by atoms with Gasteiger partial charge in [0.05, 0.1) is 5.60 Å². The molecule has 0 radical (unpaired) electrons. The van der Waals surface area contributed by atoms with Crippen molar-refractivity contribution in [1.82, 2.24) is 0 Å². The molecule has 0 fully saturated rings. The molecule has 0 aromatic rings. The SMILES string of the molecule is CC(C)(C)O.C[CH-]C.C[CH-]C.[O]=[Ti+2]. The van der Waals surface area contributed by atoms with Gasteiger partial charge in [-0.15, -0.1) is 0 Å². The van der Waals surface area contributed by atoms with Crippen molar-refractivity contribution in [3.63, 3.8) is 0 Å². The Morgan fingerprint density at radius 3 is 0.923 bits per heavy atom. The zero-order valence-electron chi connectivity index (χ0n) is 10.0. The van der Waals surface area contributed by atoms with Gasteiger partial charge >= 0.3 is 23.7 Å². The Balaban J connectivity index is -0.0000000446. The Kier molecular flexibility index (Phi) is 41.1. The predicted molar refractivity (Wildman–Crippen MR) is 54.0 cm³/mol. The van der Waals surface area contributed by atoms with Gasteiger partial charge < -0.3 is 17.9 Å². The van der Waals surface area contributed by atoms with Gasteiger partial charge in [0.15, 0.2) is 0 Å². The number of hydrogen-bond acceptors (Lipinski definition) is 2. The van der Waals surface area contributed by atoms with Crippen molar-refractivity contribution < 1.29 is 28.8 Å². The summed E-state index contributed by atoms with van der Waals surface area (Å²) in [4.78, 5) is 0. The van der Waals surface area contributed by atoms with Crippen molar-refractivity contribution in [2.75, 3.05) is 0 Å². The van der Waals surface area contributed by atoms with Crippen LogP contribution in [-0.2, 0) is 23.7 Å². The minimum atomic E-state index is -0.500. The molecule has 0 atom stereocenters. The minimum absolute atomic E-state index is 0.500. The summed E-state index contributed by atoms with van der Waals surface area (Å²) in [5.41, 5.74) is -0.500. The van der Waals surface area contributed by atoms with Gasteiger partial charge in [-0.3, -0.25) is 0 Å². The summed E-state index contributed by atoms with van der Waals surface area (Å²) in [6.07, 6.45) is 4.00. The quantitative estimate of drug-likeness (QED) is 0.507. The third-order valence-electron chi connectivity index (χ3n) is 0. The summed E-state index contributed by atoms with van der Waals surface area (Å²) >= 11 is 0.750. The standard InChI is InChI=1S/C4H10O.2C3H7.O.Ti/c1-4(2,3)5;2*1-3-2;;/h5H,1-3H3;2*3H,1-2H3;;/q;2*-1;;+2. The summed E-state index contributed by atoms with van der Waals surface area (Å²) in [7, 11) is 0. The molecular weight excluding hydrogens is 200 g/mol. The van der Waals surface area contributed by atoms with E-state index in [0.717, 1.165) is 20.4 Å². The van der Waals surface area contributed by atoms with E-state index in [9.17, 15) is 0 Å². The van der Waals surface area contributed by atoms with Crippen LogP contribution >= 0.6 is 0 Å². The molecule has 80 valence electrons. The molecule has 0 aliphatic rings. The van der Waals surface area contributed by atoms with Gasteiger partial charge in [0.1, 0.15) is 0 Å². The van der Waals surface area contributed by atoms with Gasteiger partial charge in [-0.1, -0.05) is 0 Å². The molecule has 0 aromatic carbocycles. The molecule has 0 amide bonds. The molecule has 0 saturated carbocycles. The maximum atomic E-state index is 8.52. The molecule has 0 saturated heterocycles. The fraction of sp³-hybridized carbons (Fsp3) is 0.800. The molecule has 13 heavy (non-hydrogen) atoms. The van der Waals surface area contributed by atoms with E-state index in [1.54, 1.807) is 20.8 Å². The van der Waals surface area contributed by atoms with Crippen LogP contribution in [0.2, 0.25) is 0 Å². The van der Waals surface area contributed by atoms with Crippen LogP contribution in [0.25, 0.3) is 0 Å². The van der Waals surface area contributed by atoms with Crippen molar-refractivity contribution in [1.29, 1.82) is 0 Å². The first-order chi connectivity index (χ1) is 5.83. The topological polar surface area (TPSA) is 37.3 Å². The molecule has 1 N–H and O–H groups in total. The predicted octanol–water partition coefficient (Wildman–Crippen LogP) is 3.12. The third kappa shape index (κ3) is 6080. The molecule has 0 rings (SSSR count). The summed E-state index contributed by atoms with van der Waals surface area (Å²) in [5, 5.41) is 8.52. The van der Waals surface area contributed by atoms with Crippen LogP contribution < -0.4 is 0 Å². The van der Waals surface area contributed by atoms with Gasteiger partial charge in [-0.2, -0.15) is 27.7 Å². The zero-order valence-corrected chi connectivity index (χ0v) is 11.6. The fourth-order valence-electron chi connectivity index (χ4n) is 0. The van der Waals surface area contributed by atoms with Gasteiger partial charge in [0.25, 0.3) is 0 Å². The van der Waals surface area contributed by atoms with Gasteiger partial charge in [-0.25, -0.2) is 0 Å². The second-order valence-electron chi connectivity index (χ2n) is 3.33. The van der Waals surface area contributed by atoms with Crippen LogP contribution in [-0.4, -0.2) is 10.7 Å². The number of hydrogen-bond donors (Lipinski definition) is 1. The van der Waals surface area contributed by atoms with E-state index in [1.807, 2.05) is 40.5 Å². The monoisotopic (exact) mass is 224 g/mol. The van der Waals surface area contributed by atoms with E-state index in [4.69, 9.17) is 8.43 Å². The van der Waals surface area contributed by atoms with E-state index >= 15 is 0 Å². The van der Waals surface area contributed by atoms with Crippen LogP contribution in [0.3, 0.4) is 0 Å². The van der Waals surface area contributed by atoms with E-state index in [0.29, 0.717) is 0 Å². The summed E-state index contributed by atoms with van der Waals surface area (Å²) in [6.45, 7) is 13.2. The van der Waals surface area contributed by atoms with E-state index in [-0.39, 0.29) is 0 Å². The molecule has 3 heteroatoms. The average molecular weight is 224 g/mol. The van der Waals surface area contributed by atoms with Crippen molar-refractivity contribution >= 4 is 0 Å². The number of rotatable bonds is 0. The Labute approximate surface area is 95.9 Å². The third-order valence-corrected chi connectivity index (χ3v) is 0. The summed E-state index contributed by atoms with van der Waals surface area (Å²) in [5.74, 6) is 0. The van der Waals surface area contributed by atoms with Gasteiger partial charge in [0.2, 0.25) is 0 Å². The molecule has 0 aliphatic heterocycles. The van der Waals surface area contributed by atoms with Crippen molar-refractivity contribution in [3.8, 4) is 0 Å². The van der Waals surface area contributed by atoms with Gasteiger partial charge in [0, 0.05) is 0 Å². The van der Waals surface area contributed by atoms with Crippen LogP contribution in [0.5, 0.6) is 0 Å². The molecule has 0 unspecified atom stereocenters. The second kappa shape index (κ2) is 22.9. The molecule has 0 aliphatic carbocycles. The van der Waals surface area contributed by atoms with Crippen molar-refractivity contribution in [3.05, 3.63) is 12.8 Å². The van der Waals surface area contributed by atoms with Crippen LogP contribution in [0.1, 0.15) is 48.5 Å². The normalized spacial score (nSPS) is 7.85. The molecular formula is C10H24O2Ti. The van der Waals surface area contributed by atoms with E-state index in [2.05, 4.69) is 0 Å². The first kappa shape index (κ1) is 23.4. The first-order valence-electron chi connectivity index (χ1n) is 4.24. The zero-order chi connectivity index (χ0) is 11.9. The van der Waals surface area contributed by atoms with Crippen LogP contribution in [0.15, 0.2) is 0 Å². The Bertz CT molecular complexity index is 52.4. The molecule has 0 aromatic heterocycles. The van der Waals surface area contributed by atoms with Gasteiger partial charge in [-0.05, 0) is 20.8 Å². The Morgan fingerprint density at radius 2 is 0.923 bits per heavy atom. The fourth-order valence-corrected chi connectivity index (χ4v) is 0. The molecule has 0 bridgehead atoms. The molecule has 0 heterocycles. The molecule has 2 nitrogen and oxygen atoms in total. The number of aliphatic hydroxyl groups is 1. The van der Waals surface area contributed by atoms with Crippen LogP contribution in [0.4, 0.5) is 0 Å². The second-order valence-corrected chi connectivity index (χ2v) is 3.33. The van der Waals surface area contributed by atoms with Crippen molar-refractivity contribution in [2.45, 2.75) is 54.1 Å². The summed E-state index contributed by atoms with van der Waals surface area (Å²) < 4.78 is 8.25. The maximum absolute atomic E-state index is 8.52.